The number of hydrogen-bond donors (Lipinski definition) is 1. The molecule has 2 aromatic rings. The lowest BCUT2D eigenvalue weighted by Crippen LogP contribution is -2.41. The van der Waals surface area contributed by atoms with Crippen molar-refractivity contribution in [3.63, 3.8) is 0 Å². The van der Waals surface area contributed by atoms with Gasteiger partial charge in [-0.25, -0.2) is 0 Å². The zero-order chi connectivity index (χ0) is 17.6. The Morgan fingerprint density at radius 2 is 1.92 bits per heavy atom. The molecule has 132 valence electrons. The molecule has 7 heteroatoms. The van der Waals surface area contributed by atoms with E-state index in [1.165, 1.54) is 11.6 Å². The van der Waals surface area contributed by atoms with Gasteiger partial charge in [0.15, 0.2) is 0 Å². The summed E-state index contributed by atoms with van der Waals surface area (Å²) in [4.78, 5) is 13.3. The Kier molecular flexibility index (Phi) is 6.01. The first-order chi connectivity index (χ1) is 12.1. The van der Waals surface area contributed by atoms with Crippen molar-refractivity contribution in [1.29, 1.82) is 0 Å². The molecule has 1 fully saturated rings. The van der Waals surface area contributed by atoms with Crippen LogP contribution in [0, 0.1) is 10.1 Å². The quantitative estimate of drug-likeness (QED) is 0.583. The first-order valence-corrected chi connectivity index (χ1v) is 8.99. The van der Waals surface area contributed by atoms with Gasteiger partial charge in [0.05, 0.1) is 24.2 Å². The predicted octanol–water partition coefficient (Wildman–Crippen LogP) is 3.84. The van der Waals surface area contributed by atoms with Crippen molar-refractivity contribution in [2.24, 2.45) is 0 Å². The summed E-state index contributed by atoms with van der Waals surface area (Å²) in [5, 5.41) is 14.6. The van der Waals surface area contributed by atoms with Crippen LogP contribution in [0.25, 0.3) is 0 Å². The number of nitro groups is 1. The molecule has 0 spiro atoms. The van der Waals surface area contributed by atoms with E-state index in [1.54, 1.807) is 6.07 Å². The van der Waals surface area contributed by atoms with Crippen LogP contribution in [0.2, 0.25) is 0 Å². The first kappa shape index (κ1) is 17.8. The molecule has 1 aliphatic heterocycles. The molecule has 0 amide bonds. The molecular formula is C18H20BrN3O3. The summed E-state index contributed by atoms with van der Waals surface area (Å²) < 4.78 is 6.15. The van der Waals surface area contributed by atoms with Crippen LogP contribution in [0.3, 0.4) is 0 Å². The molecule has 1 N–H and O–H groups in total. The standard InChI is InChI=1S/C18H20BrN3O3/c19-15-6-7-16(17(12-15)22(23)24)20-13-18(14-4-2-1-3-5-14)21-8-10-25-11-9-21/h1-7,12,18,20H,8-11,13H2. The van der Waals surface area contributed by atoms with Gasteiger partial charge in [-0.1, -0.05) is 46.3 Å². The molecule has 1 heterocycles. The van der Waals surface area contributed by atoms with Crippen LogP contribution in [0.1, 0.15) is 11.6 Å². The topological polar surface area (TPSA) is 67.6 Å². The summed E-state index contributed by atoms with van der Waals surface area (Å²) >= 11 is 3.29. The van der Waals surface area contributed by atoms with Gasteiger partial charge in [-0.3, -0.25) is 15.0 Å². The molecule has 2 aromatic carbocycles. The summed E-state index contributed by atoms with van der Waals surface area (Å²) in [5.41, 5.74) is 1.79. The molecule has 0 aromatic heterocycles. The fourth-order valence-electron chi connectivity index (χ4n) is 3.03. The van der Waals surface area contributed by atoms with Gasteiger partial charge in [0, 0.05) is 30.2 Å². The molecule has 0 aliphatic carbocycles. The molecule has 0 saturated carbocycles. The van der Waals surface area contributed by atoms with E-state index in [-0.39, 0.29) is 16.7 Å². The zero-order valence-corrected chi connectivity index (χ0v) is 15.3. The van der Waals surface area contributed by atoms with Crippen LogP contribution in [0.15, 0.2) is 53.0 Å². The number of nitro benzene ring substituents is 1. The Morgan fingerprint density at radius 3 is 2.60 bits per heavy atom. The number of morpholine rings is 1. The van der Waals surface area contributed by atoms with E-state index in [2.05, 4.69) is 38.3 Å². The lowest BCUT2D eigenvalue weighted by Gasteiger charge is -2.35. The molecule has 25 heavy (non-hydrogen) atoms. The predicted molar refractivity (Wildman–Crippen MR) is 101 cm³/mol. The van der Waals surface area contributed by atoms with E-state index < -0.39 is 0 Å². The molecule has 6 nitrogen and oxygen atoms in total. The molecule has 1 aliphatic rings. The van der Waals surface area contributed by atoms with E-state index >= 15 is 0 Å². The first-order valence-electron chi connectivity index (χ1n) is 8.19. The smallest absolute Gasteiger partial charge is 0.293 e. The van der Waals surface area contributed by atoms with Crippen LogP contribution >= 0.6 is 15.9 Å². The van der Waals surface area contributed by atoms with Gasteiger partial charge in [0.2, 0.25) is 0 Å². The molecule has 3 rings (SSSR count). The number of nitrogens with one attached hydrogen (secondary N) is 1. The molecule has 1 atom stereocenters. The van der Waals surface area contributed by atoms with E-state index in [0.29, 0.717) is 29.9 Å². The maximum Gasteiger partial charge on any atom is 0.293 e. The van der Waals surface area contributed by atoms with Crippen LogP contribution in [-0.2, 0) is 4.74 Å². The van der Waals surface area contributed by atoms with Crippen molar-refractivity contribution in [1.82, 2.24) is 4.90 Å². The summed E-state index contributed by atoms with van der Waals surface area (Å²) in [6.07, 6.45) is 0. The largest absolute Gasteiger partial charge is 0.379 e. The highest BCUT2D eigenvalue weighted by molar-refractivity contribution is 9.10. The molecule has 1 saturated heterocycles. The van der Waals surface area contributed by atoms with Crippen molar-refractivity contribution in [2.75, 3.05) is 38.2 Å². The van der Waals surface area contributed by atoms with Crippen molar-refractivity contribution in [3.8, 4) is 0 Å². The van der Waals surface area contributed by atoms with Crippen molar-refractivity contribution in [2.45, 2.75) is 6.04 Å². The van der Waals surface area contributed by atoms with Gasteiger partial charge in [0.25, 0.3) is 5.69 Å². The Morgan fingerprint density at radius 1 is 1.20 bits per heavy atom. The lowest BCUT2D eigenvalue weighted by atomic mass is 10.0. The highest BCUT2D eigenvalue weighted by Crippen LogP contribution is 2.29. The van der Waals surface area contributed by atoms with Gasteiger partial charge in [-0.15, -0.1) is 0 Å². The van der Waals surface area contributed by atoms with Crippen LogP contribution in [-0.4, -0.2) is 42.7 Å². The van der Waals surface area contributed by atoms with Crippen molar-refractivity contribution >= 4 is 27.3 Å². The number of halogens is 1. The minimum atomic E-state index is -0.362. The fraction of sp³-hybridized carbons (Fsp3) is 0.333. The fourth-order valence-corrected chi connectivity index (χ4v) is 3.38. The monoisotopic (exact) mass is 405 g/mol. The van der Waals surface area contributed by atoms with Gasteiger partial charge < -0.3 is 10.1 Å². The average molecular weight is 406 g/mol. The highest BCUT2D eigenvalue weighted by atomic mass is 79.9. The number of benzene rings is 2. The Labute approximate surface area is 155 Å². The second-order valence-electron chi connectivity index (χ2n) is 5.87. The summed E-state index contributed by atoms with van der Waals surface area (Å²) in [6.45, 7) is 3.71. The molecule has 0 radical (unpaired) electrons. The van der Waals surface area contributed by atoms with Gasteiger partial charge in [0.1, 0.15) is 5.69 Å². The number of ether oxygens (including phenoxy) is 1. The van der Waals surface area contributed by atoms with E-state index in [1.807, 2.05) is 24.3 Å². The van der Waals surface area contributed by atoms with E-state index in [0.717, 1.165) is 13.1 Å². The Hall–Kier alpha value is -1.96. The molecular weight excluding hydrogens is 386 g/mol. The Bertz CT molecular complexity index is 721. The zero-order valence-electron chi connectivity index (χ0n) is 13.7. The third-order valence-electron chi connectivity index (χ3n) is 4.31. The maximum absolute atomic E-state index is 11.3. The maximum atomic E-state index is 11.3. The second-order valence-corrected chi connectivity index (χ2v) is 6.79. The summed E-state index contributed by atoms with van der Waals surface area (Å²) in [5.74, 6) is 0. The average Bonchev–Trinajstić information content (AvgIpc) is 2.64. The SMILES string of the molecule is O=[N+]([O-])c1cc(Br)ccc1NCC(c1ccccc1)N1CCOCC1. The summed E-state index contributed by atoms with van der Waals surface area (Å²) in [7, 11) is 0. The highest BCUT2D eigenvalue weighted by Gasteiger charge is 2.23. The molecule has 1 unspecified atom stereocenters. The number of nitrogens with zero attached hydrogens (tertiary/aromatic N) is 2. The van der Waals surface area contributed by atoms with Crippen molar-refractivity contribution < 1.29 is 9.66 Å². The third kappa shape index (κ3) is 4.56. The van der Waals surface area contributed by atoms with Crippen molar-refractivity contribution in [3.05, 3.63) is 68.7 Å². The second kappa shape index (κ2) is 8.42. The van der Waals surface area contributed by atoms with E-state index in [9.17, 15) is 10.1 Å². The van der Waals surface area contributed by atoms with Gasteiger partial charge in [-0.05, 0) is 17.7 Å². The number of anilines is 1. The summed E-state index contributed by atoms with van der Waals surface area (Å²) in [6, 6.07) is 15.4. The lowest BCUT2D eigenvalue weighted by molar-refractivity contribution is -0.384. The normalized spacial score (nSPS) is 16.4. The number of rotatable bonds is 6. The molecule has 0 bridgehead atoms. The van der Waals surface area contributed by atoms with Crippen LogP contribution in [0.4, 0.5) is 11.4 Å². The third-order valence-corrected chi connectivity index (χ3v) is 4.81. The van der Waals surface area contributed by atoms with Crippen LogP contribution < -0.4 is 5.32 Å². The Balaban J connectivity index is 1.80. The minimum Gasteiger partial charge on any atom is -0.379 e. The van der Waals surface area contributed by atoms with Crippen LogP contribution in [0.5, 0.6) is 0 Å². The number of hydrogen-bond acceptors (Lipinski definition) is 5. The van der Waals surface area contributed by atoms with Gasteiger partial charge in [-0.2, -0.15) is 0 Å². The van der Waals surface area contributed by atoms with E-state index in [4.69, 9.17) is 4.74 Å². The minimum absolute atomic E-state index is 0.0724. The van der Waals surface area contributed by atoms with Gasteiger partial charge >= 0.3 is 0 Å².